The van der Waals surface area contributed by atoms with E-state index in [-0.39, 0.29) is 24.0 Å². The molecule has 0 saturated heterocycles. The molecule has 0 amide bonds. The molecular weight excluding hydrogens is 439 g/mol. The van der Waals surface area contributed by atoms with Gasteiger partial charge in [-0.3, -0.25) is 4.99 Å². The zero-order valence-electron chi connectivity index (χ0n) is 16.2. The van der Waals surface area contributed by atoms with Gasteiger partial charge in [-0.2, -0.15) is 0 Å². The lowest BCUT2D eigenvalue weighted by atomic mass is 10.1. The molecule has 144 valence electrons. The standard InChI is InChI=1S/C20H30N4O.HI/c1-5-21-20(24(3)16-18-9-7-15-23(18)2)22-14-6-8-17-10-12-19(25-4)13-11-17;/h7,9-13,15H,5-6,8,14,16H2,1-4H3,(H,21,22);1H. The molecule has 1 heterocycles. The monoisotopic (exact) mass is 470 g/mol. The lowest BCUT2D eigenvalue weighted by Gasteiger charge is -2.22. The first-order valence-electron chi connectivity index (χ1n) is 8.86. The summed E-state index contributed by atoms with van der Waals surface area (Å²) in [7, 11) is 5.85. The van der Waals surface area contributed by atoms with Crippen LogP contribution in [-0.2, 0) is 20.0 Å². The second kappa shape index (κ2) is 11.8. The number of aromatic nitrogens is 1. The van der Waals surface area contributed by atoms with Crippen LogP contribution in [0.15, 0.2) is 47.6 Å². The van der Waals surface area contributed by atoms with Crippen LogP contribution in [0, 0.1) is 0 Å². The Kier molecular flexibility index (Phi) is 10.2. The maximum Gasteiger partial charge on any atom is 0.194 e. The van der Waals surface area contributed by atoms with Crippen molar-refractivity contribution < 1.29 is 4.74 Å². The highest BCUT2D eigenvalue weighted by Gasteiger charge is 2.08. The molecule has 0 aliphatic carbocycles. The zero-order valence-corrected chi connectivity index (χ0v) is 18.6. The highest BCUT2D eigenvalue weighted by Crippen LogP contribution is 2.12. The summed E-state index contributed by atoms with van der Waals surface area (Å²) < 4.78 is 7.34. The van der Waals surface area contributed by atoms with E-state index in [1.807, 2.05) is 12.1 Å². The molecule has 0 unspecified atom stereocenters. The minimum Gasteiger partial charge on any atom is -0.497 e. The van der Waals surface area contributed by atoms with Crippen LogP contribution in [0.1, 0.15) is 24.6 Å². The Morgan fingerprint density at radius 3 is 2.54 bits per heavy atom. The molecule has 26 heavy (non-hydrogen) atoms. The Balaban J connectivity index is 0.00000338. The van der Waals surface area contributed by atoms with E-state index in [2.05, 4.69) is 66.3 Å². The molecule has 0 saturated carbocycles. The first kappa shape index (κ1) is 22.3. The highest BCUT2D eigenvalue weighted by molar-refractivity contribution is 14.0. The molecule has 0 radical (unpaired) electrons. The summed E-state index contributed by atoms with van der Waals surface area (Å²) in [6.07, 6.45) is 4.12. The predicted octanol–water partition coefficient (Wildman–Crippen LogP) is 3.68. The first-order valence-corrected chi connectivity index (χ1v) is 8.86. The number of nitrogens with zero attached hydrogens (tertiary/aromatic N) is 3. The summed E-state index contributed by atoms with van der Waals surface area (Å²) in [4.78, 5) is 6.94. The lowest BCUT2D eigenvalue weighted by Crippen LogP contribution is -2.38. The normalized spacial score (nSPS) is 11.0. The van der Waals surface area contributed by atoms with E-state index in [0.717, 1.165) is 44.2 Å². The van der Waals surface area contributed by atoms with Gasteiger partial charge >= 0.3 is 0 Å². The van der Waals surface area contributed by atoms with Crippen LogP contribution in [-0.4, -0.2) is 42.7 Å². The van der Waals surface area contributed by atoms with Crippen LogP contribution in [0.5, 0.6) is 5.75 Å². The molecule has 0 aliphatic heterocycles. The van der Waals surface area contributed by atoms with Crippen molar-refractivity contribution in [1.29, 1.82) is 0 Å². The van der Waals surface area contributed by atoms with Gasteiger partial charge in [0.1, 0.15) is 5.75 Å². The molecule has 0 bridgehead atoms. The number of hydrogen-bond donors (Lipinski definition) is 1. The van der Waals surface area contributed by atoms with Gasteiger partial charge in [0.25, 0.3) is 0 Å². The molecule has 6 heteroatoms. The van der Waals surface area contributed by atoms with Crippen molar-refractivity contribution in [3.8, 4) is 5.75 Å². The van der Waals surface area contributed by atoms with Crippen LogP contribution in [0.3, 0.4) is 0 Å². The molecule has 0 fully saturated rings. The summed E-state index contributed by atoms with van der Waals surface area (Å²) in [6.45, 7) is 4.62. The highest BCUT2D eigenvalue weighted by atomic mass is 127. The Bertz CT molecular complexity index is 667. The van der Waals surface area contributed by atoms with Crippen molar-refractivity contribution in [1.82, 2.24) is 14.8 Å². The predicted molar refractivity (Wildman–Crippen MR) is 120 cm³/mol. The fourth-order valence-electron chi connectivity index (χ4n) is 2.71. The number of guanidine groups is 1. The molecule has 1 aromatic carbocycles. The minimum atomic E-state index is 0. The van der Waals surface area contributed by atoms with Crippen molar-refractivity contribution in [3.05, 3.63) is 53.9 Å². The molecular formula is C20H31IN4O. The van der Waals surface area contributed by atoms with Crippen molar-refractivity contribution in [2.45, 2.75) is 26.3 Å². The van der Waals surface area contributed by atoms with Gasteiger partial charge in [0.2, 0.25) is 0 Å². The van der Waals surface area contributed by atoms with E-state index in [4.69, 9.17) is 9.73 Å². The molecule has 5 nitrogen and oxygen atoms in total. The largest absolute Gasteiger partial charge is 0.497 e. The van der Waals surface area contributed by atoms with Gasteiger partial charge in [0.05, 0.1) is 13.7 Å². The van der Waals surface area contributed by atoms with E-state index in [0.29, 0.717) is 0 Å². The topological polar surface area (TPSA) is 41.8 Å². The van der Waals surface area contributed by atoms with Gasteiger partial charge in [-0.15, -0.1) is 24.0 Å². The Morgan fingerprint density at radius 1 is 1.23 bits per heavy atom. The van der Waals surface area contributed by atoms with Gasteiger partial charge in [0.15, 0.2) is 5.96 Å². The number of ether oxygens (including phenoxy) is 1. The first-order chi connectivity index (χ1) is 12.1. The third-order valence-electron chi connectivity index (χ3n) is 4.19. The van der Waals surface area contributed by atoms with Crippen LogP contribution >= 0.6 is 24.0 Å². The zero-order chi connectivity index (χ0) is 18.1. The summed E-state index contributed by atoms with van der Waals surface area (Å²) in [5.74, 6) is 1.86. The Labute approximate surface area is 174 Å². The van der Waals surface area contributed by atoms with E-state index < -0.39 is 0 Å². The number of aliphatic imine (C=N–C) groups is 1. The van der Waals surface area contributed by atoms with E-state index >= 15 is 0 Å². The summed E-state index contributed by atoms with van der Waals surface area (Å²) in [5.41, 5.74) is 2.59. The number of nitrogens with one attached hydrogen (secondary N) is 1. The minimum absolute atomic E-state index is 0. The van der Waals surface area contributed by atoms with Crippen molar-refractivity contribution in [2.75, 3.05) is 27.2 Å². The summed E-state index contributed by atoms with van der Waals surface area (Å²) in [5, 5.41) is 3.38. The van der Waals surface area contributed by atoms with Crippen LogP contribution in [0.2, 0.25) is 0 Å². The average Bonchev–Trinajstić information content (AvgIpc) is 3.03. The number of hydrogen-bond acceptors (Lipinski definition) is 2. The molecule has 2 rings (SSSR count). The second-order valence-corrected chi connectivity index (χ2v) is 6.15. The number of aryl methyl sites for hydroxylation is 2. The van der Waals surface area contributed by atoms with Gasteiger partial charge in [0, 0.05) is 39.1 Å². The van der Waals surface area contributed by atoms with Crippen LogP contribution in [0.4, 0.5) is 0 Å². The third-order valence-corrected chi connectivity index (χ3v) is 4.19. The number of methoxy groups -OCH3 is 1. The molecule has 2 aromatic rings. The Morgan fingerprint density at radius 2 is 1.96 bits per heavy atom. The van der Waals surface area contributed by atoms with Crippen LogP contribution in [0.25, 0.3) is 0 Å². The average molecular weight is 470 g/mol. The number of benzene rings is 1. The van der Waals surface area contributed by atoms with E-state index in [1.165, 1.54) is 11.3 Å². The quantitative estimate of drug-likeness (QED) is 0.277. The molecule has 1 aromatic heterocycles. The van der Waals surface area contributed by atoms with E-state index in [9.17, 15) is 0 Å². The van der Waals surface area contributed by atoms with E-state index in [1.54, 1.807) is 7.11 Å². The molecule has 0 aliphatic rings. The van der Waals surface area contributed by atoms with Gasteiger partial charge in [-0.25, -0.2) is 0 Å². The van der Waals surface area contributed by atoms with Gasteiger partial charge < -0.3 is 19.5 Å². The van der Waals surface area contributed by atoms with Crippen molar-refractivity contribution >= 4 is 29.9 Å². The van der Waals surface area contributed by atoms with Gasteiger partial charge in [-0.1, -0.05) is 12.1 Å². The lowest BCUT2D eigenvalue weighted by molar-refractivity contribution is 0.414. The van der Waals surface area contributed by atoms with Gasteiger partial charge in [-0.05, 0) is 49.6 Å². The SMILES string of the molecule is CCNC(=NCCCc1ccc(OC)cc1)N(C)Cc1cccn1C.I. The molecule has 1 N–H and O–H groups in total. The third kappa shape index (κ3) is 6.90. The maximum absolute atomic E-state index is 5.19. The fourth-order valence-corrected chi connectivity index (χ4v) is 2.71. The van der Waals surface area contributed by atoms with Crippen LogP contribution < -0.4 is 10.1 Å². The molecule has 0 atom stereocenters. The van der Waals surface area contributed by atoms with Crippen molar-refractivity contribution in [2.24, 2.45) is 12.0 Å². The fraction of sp³-hybridized carbons (Fsp3) is 0.450. The second-order valence-electron chi connectivity index (χ2n) is 6.15. The molecule has 0 spiro atoms. The Hall–Kier alpha value is -1.70. The summed E-state index contributed by atoms with van der Waals surface area (Å²) >= 11 is 0. The summed E-state index contributed by atoms with van der Waals surface area (Å²) in [6, 6.07) is 12.5. The number of halogens is 1. The maximum atomic E-state index is 5.19. The number of rotatable bonds is 8. The smallest absolute Gasteiger partial charge is 0.194 e. The van der Waals surface area contributed by atoms with Crippen molar-refractivity contribution in [3.63, 3.8) is 0 Å².